The quantitative estimate of drug-likeness (QED) is 0.0440. The zero-order chi connectivity index (χ0) is 31.1. The molecule has 0 amide bonds. The number of allylic oxidation sites excluding steroid dienone is 2. The van der Waals surface area contributed by atoms with E-state index < -0.39 is 71.5 Å². The Labute approximate surface area is 281 Å². The van der Waals surface area contributed by atoms with Crippen molar-refractivity contribution in [1.29, 1.82) is 0 Å². The molecule has 0 radical (unpaired) electrons. The molecule has 12 heteroatoms. The minimum absolute atomic E-state index is 0. The van der Waals surface area contributed by atoms with Gasteiger partial charge in [-0.25, -0.2) is 8.42 Å². The predicted octanol–water partition coefficient (Wildman–Crippen LogP) is 2.51. The number of hydrogen-bond donors (Lipinski definition) is 1. The van der Waals surface area contributed by atoms with Gasteiger partial charge in [0.2, 0.25) is 0 Å². The molecule has 43 heavy (non-hydrogen) atoms. The molecular formula is C31H53NaO10S. The molecule has 0 bridgehead atoms. The van der Waals surface area contributed by atoms with Crippen molar-refractivity contribution in [3.63, 3.8) is 0 Å². The molecule has 1 aliphatic rings. The van der Waals surface area contributed by atoms with Crippen molar-refractivity contribution in [3.8, 4) is 0 Å². The van der Waals surface area contributed by atoms with E-state index in [9.17, 15) is 32.5 Å². The number of ether oxygens (including phenoxy) is 3. The summed E-state index contributed by atoms with van der Waals surface area (Å²) in [6.07, 6.45) is 24.2. The van der Waals surface area contributed by atoms with E-state index in [1.165, 1.54) is 83.5 Å². The second kappa shape index (κ2) is 25.2. The van der Waals surface area contributed by atoms with Crippen molar-refractivity contribution in [1.82, 2.24) is 0 Å². The van der Waals surface area contributed by atoms with E-state index in [2.05, 4.69) is 19.1 Å². The third kappa shape index (κ3) is 20.6. The van der Waals surface area contributed by atoms with Crippen LogP contribution in [0.2, 0.25) is 0 Å². The van der Waals surface area contributed by atoms with Gasteiger partial charge >= 0.3 is 47.5 Å². The molecule has 0 spiro atoms. The molecule has 2 atom stereocenters. The Bertz CT molecular complexity index is 908. The van der Waals surface area contributed by atoms with Crippen molar-refractivity contribution in [2.24, 2.45) is 5.41 Å². The second-order valence-corrected chi connectivity index (χ2v) is 13.1. The van der Waals surface area contributed by atoms with E-state index in [4.69, 9.17) is 14.2 Å². The molecule has 1 N–H and O–H groups in total. The predicted molar refractivity (Wildman–Crippen MR) is 158 cm³/mol. The van der Waals surface area contributed by atoms with E-state index >= 15 is 0 Å². The molecule has 244 valence electrons. The number of rotatable bonds is 23. The number of aliphatic hydroxyl groups is 1. The number of esters is 3. The fraction of sp³-hybridized carbons (Fsp3) is 0.839. The largest absolute Gasteiger partial charge is 1.00 e. The Hall–Kier alpha value is -0.980. The third-order valence-corrected chi connectivity index (χ3v) is 8.60. The summed E-state index contributed by atoms with van der Waals surface area (Å²) in [7, 11) is -5.14. The van der Waals surface area contributed by atoms with Crippen molar-refractivity contribution >= 4 is 28.0 Å². The van der Waals surface area contributed by atoms with Gasteiger partial charge in [0.25, 0.3) is 0 Å². The van der Waals surface area contributed by atoms with Crippen LogP contribution >= 0.6 is 0 Å². The first kappa shape index (κ1) is 42.0. The van der Waals surface area contributed by atoms with Gasteiger partial charge in [-0.2, -0.15) is 0 Å². The first-order valence-corrected chi connectivity index (χ1v) is 17.3. The molecule has 1 aliphatic heterocycles. The van der Waals surface area contributed by atoms with E-state index in [0.717, 1.165) is 19.3 Å². The summed E-state index contributed by atoms with van der Waals surface area (Å²) in [6, 6.07) is 0. The summed E-state index contributed by atoms with van der Waals surface area (Å²) in [5.41, 5.74) is -1.45. The van der Waals surface area contributed by atoms with Crippen LogP contribution in [0.5, 0.6) is 0 Å². The smallest absolute Gasteiger partial charge is 0.747 e. The van der Waals surface area contributed by atoms with E-state index in [1.807, 2.05) is 0 Å². The number of unbranched alkanes of at least 4 members (excludes halogenated alkanes) is 15. The average Bonchev–Trinajstić information content (AvgIpc) is 3.02. The van der Waals surface area contributed by atoms with E-state index in [1.54, 1.807) is 0 Å². The van der Waals surface area contributed by atoms with Crippen LogP contribution in [0.4, 0.5) is 0 Å². The van der Waals surface area contributed by atoms with Crippen molar-refractivity contribution in [2.45, 2.75) is 134 Å². The number of aliphatic hydroxyl groups excluding tert-OH is 1. The molecule has 0 aromatic carbocycles. The second-order valence-electron chi connectivity index (χ2n) is 11.5. The van der Waals surface area contributed by atoms with Gasteiger partial charge in [-0.15, -0.1) is 0 Å². The summed E-state index contributed by atoms with van der Waals surface area (Å²) < 4.78 is 48.9. The average molecular weight is 641 g/mol. The van der Waals surface area contributed by atoms with Crippen LogP contribution in [0.25, 0.3) is 0 Å². The minimum Gasteiger partial charge on any atom is -0.747 e. The van der Waals surface area contributed by atoms with E-state index in [-0.39, 0.29) is 36.0 Å². The van der Waals surface area contributed by atoms with E-state index in [0.29, 0.717) is 6.42 Å². The van der Waals surface area contributed by atoms with Crippen LogP contribution < -0.4 is 29.6 Å². The fourth-order valence-corrected chi connectivity index (χ4v) is 5.32. The molecule has 0 aromatic rings. The summed E-state index contributed by atoms with van der Waals surface area (Å²) in [5.74, 6) is -3.01. The number of cyclic esters (lactones) is 2. The van der Waals surface area contributed by atoms with Crippen molar-refractivity contribution in [2.75, 3.05) is 26.4 Å². The molecule has 1 rings (SSSR count). The zero-order valence-electron chi connectivity index (χ0n) is 26.5. The molecule has 2 unspecified atom stereocenters. The number of hydrogen-bond acceptors (Lipinski definition) is 10. The third-order valence-electron chi connectivity index (χ3n) is 7.54. The summed E-state index contributed by atoms with van der Waals surface area (Å²) in [4.78, 5) is 36.2. The first-order chi connectivity index (χ1) is 20.1. The molecule has 1 saturated heterocycles. The molecule has 0 aliphatic carbocycles. The Morgan fingerprint density at radius 2 is 1.37 bits per heavy atom. The van der Waals surface area contributed by atoms with Crippen molar-refractivity contribution in [3.05, 3.63) is 12.2 Å². The normalized spacial score (nSPS) is 19.6. The topological polar surface area (TPSA) is 156 Å². The SMILES string of the molecule is CCCCCCCC/C=C\CCCCCCCCCCCC(=O)OCC1(CO)COC(=O)CC(S(=O)(=O)[O-])C(=O)OC1.[Na+]. The maximum absolute atomic E-state index is 12.2. The van der Waals surface area contributed by atoms with Gasteiger partial charge in [-0.1, -0.05) is 96.1 Å². The fourth-order valence-electron chi connectivity index (χ4n) is 4.68. The van der Waals surface area contributed by atoms with Gasteiger partial charge in [0.05, 0.1) is 18.4 Å². The molecule has 1 heterocycles. The molecule has 0 aromatic heterocycles. The maximum Gasteiger partial charge on any atom is 1.00 e. The van der Waals surface area contributed by atoms with Gasteiger partial charge in [-0.3, -0.25) is 14.4 Å². The monoisotopic (exact) mass is 640 g/mol. The zero-order valence-corrected chi connectivity index (χ0v) is 29.3. The van der Waals surface area contributed by atoms with Gasteiger partial charge in [-0.05, 0) is 32.1 Å². The van der Waals surface area contributed by atoms with Crippen LogP contribution in [-0.2, 0) is 38.7 Å². The Morgan fingerprint density at radius 1 is 0.884 bits per heavy atom. The van der Waals surface area contributed by atoms with Crippen LogP contribution in [0.1, 0.15) is 129 Å². The molecule has 0 saturated carbocycles. The Kier molecular flexibility index (Phi) is 24.7. The van der Waals surface area contributed by atoms with Gasteiger partial charge in [0, 0.05) is 6.42 Å². The Morgan fingerprint density at radius 3 is 1.88 bits per heavy atom. The van der Waals surface area contributed by atoms with Gasteiger partial charge in [0.1, 0.15) is 29.9 Å². The maximum atomic E-state index is 12.2. The number of carbonyl (C=O) groups excluding carboxylic acids is 3. The van der Waals surface area contributed by atoms with Crippen LogP contribution in [0.3, 0.4) is 0 Å². The minimum atomic E-state index is -5.14. The van der Waals surface area contributed by atoms with Crippen molar-refractivity contribution < 1.29 is 76.2 Å². The van der Waals surface area contributed by atoms with Crippen LogP contribution in [0, 0.1) is 5.41 Å². The summed E-state index contributed by atoms with van der Waals surface area (Å²) >= 11 is 0. The van der Waals surface area contributed by atoms with Gasteiger partial charge < -0.3 is 23.9 Å². The van der Waals surface area contributed by atoms with Crippen LogP contribution in [0.15, 0.2) is 12.2 Å². The summed E-state index contributed by atoms with van der Waals surface area (Å²) in [6.45, 7) is 0.143. The number of carbonyl (C=O) groups is 3. The Balaban J connectivity index is 0.0000176. The first-order valence-electron chi connectivity index (χ1n) is 15.8. The summed E-state index contributed by atoms with van der Waals surface area (Å²) in [5, 5.41) is 7.62. The molecule has 1 fully saturated rings. The van der Waals surface area contributed by atoms with Gasteiger partial charge in [0.15, 0.2) is 5.25 Å². The van der Waals surface area contributed by atoms with Crippen LogP contribution in [-0.4, -0.2) is 67.7 Å². The molecule has 10 nitrogen and oxygen atoms in total. The standard InChI is InChI=1S/C31H54O10S.Na/c1-2-3-4-5-6-7-8-9-10-11-12-13-14-15-16-17-18-19-20-21-28(33)39-24-31(23-32)25-40-29(34)22-27(42(36,37)38)30(35)41-26-31;/h9-10,27,32H,2-8,11-26H2,1H3,(H,36,37,38);/q;+1/p-1/b10-9-;. The molecular weight excluding hydrogens is 587 g/mol.